The van der Waals surface area contributed by atoms with Gasteiger partial charge in [-0.15, -0.1) is 0 Å². The van der Waals surface area contributed by atoms with Crippen molar-refractivity contribution in [2.24, 2.45) is 0 Å². The Kier molecular flexibility index (Phi) is 4.58. The van der Waals surface area contributed by atoms with Crippen molar-refractivity contribution in [3.8, 4) is 5.75 Å². The van der Waals surface area contributed by atoms with Crippen molar-refractivity contribution >= 4 is 5.97 Å². The maximum Gasteiger partial charge on any atom is 0.331 e. The lowest BCUT2D eigenvalue weighted by molar-refractivity contribution is -0.132. The summed E-state index contributed by atoms with van der Waals surface area (Å²) >= 11 is 0. The van der Waals surface area contributed by atoms with Gasteiger partial charge in [-0.3, -0.25) is 0 Å². The number of carboxylic acids is 1. The molecule has 1 rings (SSSR count). The number of carbonyl (C=O) groups is 1. The van der Waals surface area contributed by atoms with Crippen LogP contribution >= 0.6 is 0 Å². The first-order valence-corrected chi connectivity index (χ1v) is 5.25. The highest BCUT2D eigenvalue weighted by molar-refractivity contribution is 5.86. The molecule has 16 heavy (non-hydrogen) atoms. The van der Waals surface area contributed by atoms with Crippen molar-refractivity contribution in [1.82, 2.24) is 0 Å². The van der Waals surface area contributed by atoms with Crippen LogP contribution in [-0.2, 0) is 4.79 Å². The molecule has 0 atom stereocenters. The summed E-state index contributed by atoms with van der Waals surface area (Å²) in [5, 5.41) is 8.78. The van der Waals surface area contributed by atoms with Crippen LogP contribution in [0.1, 0.15) is 18.9 Å². The van der Waals surface area contributed by atoms with Crippen LogP contribution in [0, 0.1) is 6.92 Å². The van der Waals surface area contributed by atoms with Crippen LogP contribution in [0.25, 0.3) is 0 Å². The zero-order valence-electron chi connectivity index (χ0n) is 9.56. The summed E-state index contributed by atoms with van der Waals surface area (Å²) < 4.78 is 5.40. The van der Waals surface area contributed by atoms with Crippen molar-refractivity contribution in [3.63, 3.8) is 0 Å². The van der Waals surface area contributed by atoms with E-state index in [4.69, 9.17) is 9.84 Å². The molecule has 3 heteroatoms. The van der Waals surface area contributed by atoms with Crippen molar-refractivity contribution in [1.29, 1.82) is 0 Å². The van der Waals surface area contributed by atoms with Gasteiger partial charge in [0, 0.05) is 5.57 Å². The molecule has 1 aromatic rings. The largest absolute Gasteiger partial charge is 0.490 e. The van der Waals surface area contributed by atoms with Gasteiger partial charge in [-0.2, -0.15) is 0 Å². The molecule has 0 aliphatic heterocycles. The number of hydrogen-bond donors (Lipinski definition) is 1. The Bertz CT molecular complexity index is 377. The van der Waals surface area contributed by atoms with E-state index in [0.29, 0.717) is 18.6 Å². The molecule has 1 N–H and O–H groups in total. The first-order valence-electron chi connectivity index (χ1n) is 5.25. The zero-order chi connectivity index (χ0) is 12.0. The van der Waals surface area contributed by atoms with E-state index in [9.17, 15) is 4.79 Å². The predicted molar refractivity (Wildman–Crippen MR) is 62.7 cm³/mol. The first-order chi connectivity index (χ1) is 7.63. The monoisotopic (exact) mass is 220 g/mol. The van der Waals surface area contributed by atoms with Gasteiger partial charge < -0.3 is 9.84 Å². The van der Waals surface area contributed by atoms with E-state index in [1.54, 1.807) is 6.08 Å². The number of aryl methyl sites for hydroxylation is 1. The second-order valence-corrected chi connectivity index (χ2v) is 3.51. The number of hydrogen-bond acceptors (Lipinski definition) is 2. The van der Waals surface area contributed by atoms with E-state index in [-0.39, 0.29) is 0 Å². The highest BCUT2D eigenvalue weighted by Gasteiger charge is 2.02. The quantitative estimate of drug-likeness (QED) is 0.776. The molecule has 0 saturated carbocycles. The molecule has 0 unspecified atom stereocenters. The van der Waals surface area contributed by atoms with Gasteiger partial charge in [0.2, 0.25) is 0 Å². The Morgan fingerprint density at radius 3 is 2.50 bits per heavy atom. The van der Waals surface area contributed by atoms with Crippen LogP contribution in [0.3, 0.4) is 0 Å². The molecule has 0 spiro atoms. The molecule has 0 fully saturated rings. The molecule has 0 radical (unpaired) electrons. The summed E-state index contributed by atoms with van der Waals surface area (Å²) in [6, 6.07) is 7.65. The van der Waals surface area contributed by atoms with Gasteiger partial charge in [0.25, 0.3) is 0 Å². The predicted octanol–water partition coefficient (Wildman–Crippen LogP) is 2.79. The van der Waals surface area contributed by atoms with E-state index < -0.39 is 5.97 Å². The minimum atomic E-state index is -0.880. The third-order valence-electron chi connectivity index (χ3n) is 2.26. The van der Waals surface area contributed by atoms with E-state index in [2.05, 4.69) is 0 Å². The summed E-state index contributed by atoms with van der Waals surface area (Å²) in [4.78, 5) is 10.7. The van der Waals surface area contributed by atoms with Crippen molar-refractivity contribution in [3.05, 3.63) is 41.5 Å². The molecule has 1 aromatic carbocycles. The third-order valence-corrected chi connectivity index (χ3v) is 2.26. The highest BCUT2D eigenvalue weighted by atomic mass is 16.5. The minimum absolute atomic E-state index is 0.290. The summed E-state index contributed by atoms with van der Waals surface area (Å²) in [5.41, 5.74) is 1.55. The number of carboxylic acid groups (broad SMARTS) is 1. The molecule has 0 aromatic heterocycles. The van der Waals surface area contributed by atoms with Gasteiger partial charge in [-0.25, -0.2) is 4.79 Å². The standard InChI is InChI=1S/C13H16O3/c1-3-11(13(14)15)8-9-16-12-6-4-10(2)5-7-12/h4-8H,3,9H2,1-2H3,(H,14,15). The summed E-state index contributed by atoms with van der Waals surface area (Å²) in [7, 11) is 0. The molecule has 0 aliphatic rings. The molecular formula is C13H16O3. The number of benzene rings is 1. The fourth-order valence-electron chi connectivity index (χ4n) is 1.26. The van der Waals surface area contributed by atoms with E-state index >= 15 is 0 Å². The lowest BCUT2D eigenvalue weighted by atomic mass is 10.2. The van der Waals surface area contributed by atoms with Crippen molar-refractivity contribution < 1.29 is 14.6 Å². The van der Waals surface area contributed by atoms with Gasteiger partial charge in [-0.1, -0.05) is 24.6 Å². The third kappa shape index (κ3) is 3.77. The fraction of sp³-hybridized carbons (Fsp3) is 0.308. The van der Waals surface area contributed by atoms with Gasteiger partial charge in [0.1, 0.15) is 12.4 Å². The first kappa shape index (κ1) is 12.3. The van der Waals surface area contributed by atoms with Crippen molar-refractivity contribution in [2.45, 2.75) is 20.3 Å². The Morgan fingerprint density at radius 1 is 1.38 bits per heavy atom. The van der Waals surface area contributed by atoms with Gasteiger partial charge in [-0.05, 0) is 31.6 Å². The average Bonchev–Trinajstić information content (AvgIpc) is 2.26. The van der Waals surface area contributed by atoms with Crippen LogP contribution in [0.15, 0.2) is 35.9 Å². The molecule has 0 aliphatic carbocycles. The Hall–Kier alpha value is -1.77. The zero-order valence-corrected chi connectivity index (χ0v) is 9.56. The van der Waals surface area contributed by atoms with Crippen molar-refractivity contribution in [2.75, 3.05) is 6.61 Å². The lowest BCUT2D eigenvalue weighted by Crippen LogP contribution is -2.02. The smallest absolute Gasteiger partial charge is 0.331 e. The van der Waals surface area contributed by atoms with E-state index in [1.807, 2.05) is 38.1 Å². The van der Waals surface area contributed by atoms with Crippen LogP contribution in [0.2, 0.25) is 0 Å². The molecule has 0 heterocycles. The normalized spacial score (nSPS) is 11.2. The van der Waals surface area contributed by atoms with Crippen LogP contribution in [0.4, 0.5) is 0 Å². The Morgan fingerprint density at radius 2 is 2.00 bits per heavy atom. The summed E-state index contributed by atoms with van der Waals surface area (Å²) in [5.74, 6) is -0.127. The number of aliphatic carboxylic acids is 1. The van der Waals surface area contributed by atoms with Gasteiger partial charge in [0.05, 0.1) is 0 Å². The molecule has 0 bridgehead atoms. The highest BCUT2D eigenvalue weighted by Crippen LogP contribution is 2.11. The van der Waals surface area contributed by atoms with Crippen LogP contribution < -0.4 is 4.74 Å². The van der Waals surface area contributed by atoms with Crippen LogP contribution in [0.5, 0.6) is 5.75 Å². The molecule has 86 valence electrons. The SMILES string of the molecule is CCC(=CCOc1ccc(C)cc1)C(=O)O. The molecule has 0 amide bonds. The second kappa shape index (κ2) is 5.95. The number of ether oxygens (including phenoxy) is 1. The Labute approximate surface area is 95.4 Å². The number of rotatable bonds is 5. The fourth-order valence-corrected chi connectivity index (χ4v) is 1.26. The molecule has 3 nitrogen and oxygen atoms in total. The molecular weight excluding hydrogens is 204 g/mol. The second-order valence-electron chi connectivity index (χ2n) is 3.51. The molecule has 0 saturated heterocycles. The van der Waals surface area contributed by atoms with Gasteiger partial charge in [0.15, 0.2) is 0 Å². The topological polar surface area (TPSA) is 46.5 Å². The van der Waals surface area contributed by atoms with E-state index in [0.717, 1.165) is 5.75 Å². The summed E-state index contributed by atoms with van der Waals surface area (Å²) in [6.45, 7) is 4.10. The van der Waals surface area contributed by atoms with Crippen LogP contribution in [-0.4, -0.2) is 17.7 Å². The Balaban J connectivity index is 2.52. The maximum absolute atomic E-state index is 10.7. The average molecular weight is 220 g/mol. The van der Waals surface area contributed by atoms with Gasteiger partial charge >= 0.3 is 5.97 Å². The maximum atomic E-state index is 10.7. The minimum Gasteiger partial charge on any atom is -0.490 e. The summed E-state index contributed by atoms with van der Waals surface area (Å²) in [6.07, 6.45) is 2.11. The van der Waals surface area contributed by atoms with E-state index in [1.165, 1.54) is 5.56 Å². The lowest BCUT2D eigenvalue weighted by Gasteiger charge is -2.04.